The molecule has 1 aromatic rings. The second-order valence-corrected chi connectivity index (χ2v) is 2.63. The molecule has 0 aliphatic rings. The molecule has 2 radical (unpaired) electrons. The molecule has 3 N–H and O–H groups in total. The van der Waals surface area contributed by atoms with Crippen molar-refractivity contribution in [3.8, 4) is 0 Å². The zero-order valence-corrected chi connectivity index (χ0v) is 11.3. The van der Waals surface area contributed by atoms with Crippen molar-refractivity contribution >= 4 is 29.9 Å². The second kappa shape index (κ2) is 5.99. The van der Waals surface area contributed by atoms with Crippen LogP contribution in [0.25, 0.3) is 0 Å². The number of benzene rings is 1. The summed E-state index contributed by atoms with van der Waals surface area (Å²) in [6.07, 6.45) is 0.385. The Hall–Kier alpha value is -0.551. The molecule has 1 aromatic carbocycles. The van der Waals surface area contributed by atoms with Crippen molar-refractivity contribution in [1.82, 2.24) is 0 Å². The predicted molar refractivity (Wildman–Crippen MR) is 54.3 cm³/mol. The topological polar surface area (TPSA) is 63.3 Å². The van der Waals surface area contributed by atoms with Crippen LogP contribution in [0.3, 0.4) is 0 Å². The molecular weight excluding hydrogens is 273 g/mol. The first kappa shape index (κ1) is 12.4. The molecule has 0 spiro atoms. The first-order chi connectivity index (χ1) is 5.70. The van der Waals surface area contributed by atoms with E-state index >= 15 is 0 Å². The van der Waals surface area contributed by atoms with E-state index in [4.69, 9.17) is 10.8 Å². The van der Waals surface area contributed by atoms with E-state index in [1.165, 1.54) is 0 Å². The van der Waals surface area contributed by atoms with Crippen LogP contribution in [-0.2, 0) is 11.2 Å². The minimum atomic E-state index is -0.959. The molecule has 3 nitrogen and oxygen atoms in total. The molecule has 0 amide bonds. The SMILES string of the molecule is N[C@@H](Cc1ccccc1)C(=O)O.[SnH2]. The van der Waals surface area contributed by atoms with Crippen molar-refractivity contribution in [2.24, 2.45) is 5.73 Å². The average molecular weight is 286 g/mol. The number of nitrogens with two attached hydrogens (primary N) is 1. The van der Waals surface area contributed by atoms with Gasteiger partial charge in [-0.05, 0) is 12.0 Å². The van der Waals surface area contributed by atoms with Crippen molar-refractivity contribution < 1.29 is 9.90 Å². The van der Waals surface area contributed by atoms with Gasteiger partial charge in [-0.1, -0.05) is 30.3 Å². The first-order valence-electron chi connectivity index (χ1n) is 3.72. The van der Waals surface area contributed by atoms with Gasteiger partial charge in [0, 0.05) is 0 Å². The zero-order chi connectivity index (χ0) is 8.97. The van der Waals surface area contributed by atoms with Crippen LogP contribution >= 0.6 is 0 Å². The summed E-state index contributed by atoms with van der Waals surface area (Å²) in [5, 5.41) is 8.52. The van der Waals surface area contributed by atoms with Gasteiger partial charge in [-0.25, -0.2) is 0 Å². The second-order valence-electron chi connectivity index (χ2n) is 2.63. The number of carbonyl (C=O) groups is 1. The van der Waals surface area contributed by atoms with Gasteiger partial charge < -0.3 is 10.8 Å². The van der Waals surface area contributed by atoms with Gasteiger partial charge in [0.1, 0.15) is 6.04 Å². The summed E-state index contributed by atoms with van der Waals surface area (Å²) in [4.78, 5) is 10.4. The minimum absolute atomic E-state index is 0. The summed E-state index contributed by atoms with van der Waals surface area (Å²) in [7, 11) is 0. The molecule has 1 rings (SSSR count). The van der Waals surface area contributed by atoms with Gasteiger partial charge in [0.05, 0.1) is 0 Å². The quantitative estimate of drug-likeness (QED) is 0.751. The van der Waals surface area contributed by atoms with Gasteiger partial charge in [-0.3, -0.25) is 4.79 Å². The van der Waals surface area contributed by atoms with Gasteiger partial charge in [0.15, 0.2) is 0 Å². The molecule has 0 saturated heterocycles. The summed E-state index contributed by atoms with van der Waals surface area (Å²) in [6.45, 7) is 0. The Labute approximate surface area is 93.9 Å². The van der Waals surface area contributed by atoms with E-state index in [-0.39, 0.29) is 23.9 Å². The van der Waals surface area contributed by atoms with E-state index < -0.39 is 12.0 Å². The molecule has 1 atom stereocenters. The Morgan fingerprint density at radius 3 is 2.38 bits per heavy atom. The molecule has 0 aromatic heterocycles. The summed E-state index contributed by atoms with van der Waals surface area (Å²) < 4.78 is 0. The van der Waals surface area contributed by atoms with Crippen molar-refractivity contribution in [1.29, 1.82) is 0 Å². The van der Waals surface area contributed by atoms with Crippen molar-refractivity contribution in [2.75, 3.05) is 0 Å². The fourth-order valence-corrected chi connectivity index (χ4v) is 0.955. The van der Waals surface area contributed by atoms with E-state index in [0.29, 0.717) is 6.42 Å². The molecular formula is C9H13NO2Sn. The monoisotopic (exact) mass is 287 g/mol. The van der Waals surface area contributed by atoms with Crippen LogP contribution < -0.4 is 5.73 Å². The van der Waals surface area contributed by atoms with E-state index in [1.54, 1.807) is 0 Å². The number of hydrogen-bond acceptors (Lipinski definition) is 2. The Morgan fingerprint density at radius 2 is 1.92 bits per heavy atom. The van der Waals surface area contributed by atoms with Crippen LogP contribution in [0, 0.1) is 0 Å². The summed E-state index contributed by atoms with van der Waals surface area (Å²) >= 11 is 0. The molecule has 0 heterocycles. The Bertz CT molecular complexity index is 264. The number of aliphatic carboxylic acids is 1. The van der Waals surface area contributed by atoms with E-state index in [2.05, 4.69) is 0 Å². The van der Waals surface area contributed by atoms with Gasteiger partial charge in [0.2, 0.25) is 0 Å². The molecule has 0 saturated carbocycles. The summed E-state index contributed by atoms with van der Waals surface area (Å²) in [5.74, 6) is -0.959. The van der Waals surface area contributed by atoms with Gasteiger partial charge in [-0.15, -0.1) is 0 Å². The Morgan fingerprint density at radius 1 is 1.38 bits per heavy atom. The number of hydrogen-bond donors (Lipinski definition) is 2. The molecule has 70 valence electrons. The van der Waals surface area contributed by atoms with E-state index in [9.17, 15) is 4.79 Å². The van der Waals surface area contributed by atoms with Crippen LogP contribution in [0.15, 0.2) is 30.3 Å². The molecule has 0 bridgehead atoms. The van der Waals surface area contributed by atoms with Crippen LogP contribution in [0.5, 0.6) is 0 Å². The van der Waals surface area contributed by atoms with Crippen molar-refractivity contribution in [3.05, 3.63) is 35.9 Å². The Balaban J connectivity index is 0.00000144. The predicted octanol–water partition coefficient (Wildman–Crippen LogP) is -0.275. The maximum absolute atomic E-state index is 10.4. The molecule has 0 aliphatic heterocycles. The third-order valence-electron chi connectivity index (χ3n) is 1.62. The number of carboxylic acid groups (broad SMARTS) is 1. The maximum atomic E-state index is 10.4. The van der Waals surface area contributed by atoms with E-state index in [1.807, 2.05) is 30.3 Å². The standard InChI is InChI=1S/C9H11NO2.Sn.2H/c10-8(9(11)12)6-7-4-2-1-3-5-7;;;/h1-5,8H,6,10H2,(H,11,12);;;/t8-;;;/m0.../s1. The normalized spacial score (nSPS) is 11.5. The van der Waals surface area contributed by atoms with Crippen molar-refractivity contribution in [3.63, 3.8) is 0 Å². The molecule has 0 aliphatic carbocycles. The molecule has 0 unspecified atom stereocenters. The zero-order valence-electron chi connectivity index (χ0n) is 7.31. The first-order valence-corrected chi connectivity index (χ1v) is 3.72. The fraction of sp³-hybridized carbons (Fsp3) is 0.222. The number of rotatable bonds is 3. The summed E-state index contributed by atoms with van der Waals surface area (Å²) in [6, 6.07) is 8.54. The van der Waals surface area contributed by atoms with E-state index in [0.717, 1.165) is 5.56 Å². The Kier molecular flexibility index (Phi) is 5.73. The van der Waals surface area contributed by atoms with Gasteiger partial charge in [-0.2, -0.15) is 0 Å². The molecule has 13 heavy (non-hydrogen) atoms. The summed E-state index contributed by atoms with van der Waals surface area (Å²) in [5.41, 5.74) is 6.30. The van der Waals surface area contributed by atoms with Crippen molar-refractivity contribution in [2.45, 2.75) is 12.5 Å². The molecule has 0 fully saturated rings. The molecule has 4 heteroatoms. The van der Waals surface area contributed by atoms with Gasteiger partial charge >= 0.3 is 29.9 Å². The average Bonchev–Trinajstić information content (AvgIpc) is 2.06. The van der Waals surface area contributed by atoms with Crippen LogP contribution in [-0.4, -0.2) is 41.0 Å². The number of carboxylic acids is 1. The third kappa shape index (κ3) is 4.28. The third-order valence-corrected chi connectivity index (χ3v) is 1.62. The van der Waals surface area contributed by atoms with Gasteiger partial charge in [0.25, 0.3) is 0 Å². The van der Waals surface area contributed by atoms with Crippen LogP contribution in [0.4, 0.5) is 0 Å². The van der Waals surface area contributed by atoms with Crippen LogP contribution in [0.2, 0.25) is 0 Å². The van der Waals surface area contributed by atoms with Crippen LogP contribution in [0.1, 0.15) is 5.56 Å². The fourth-order valence-electron chi connectivity index (χ4n) is 0.955.